The van der Waals surface area contributed by atoms with E-state index >= 15 is 0 Å². The monoisotopic (exact) mass is 271 g/mol. The number of aromatic nitrogens is 1. The SMILES string of the molecule is Cc1ccc2[nH]c3ccc(-c4ccccc4C)cc3c2c1. The Labute approximate surface area is 124 Å². The van der Waals surface area contributed by atoms with Crippen LogP contribution in [0.1, 0.15) is 11.1 Å². The van der Waals surface area contributed by atoms with Crippen LogP contribution >= 0.6 is 0 Å². The van der Waals surface area contributed by atoms with E-state index < -0.39 is 0 Å². The molecular formula is C20H17N. The van der Waals surface area contributed by atoms with Crippen LogP contribution < -0.4 is 0 Å². The van der Waals surface area contributed by atoms with Crippen LogP contribution in [0, 0.1) is 13.8 Å². The number of aromatic amines is 1. The second-order valence-electron chi connectivity index (χ2n) is 5.75. The van der Waals surface area contributed by atoms with E-state index in [-0.39, 0.29) is 0 Å². The fourth-order valence-electron chi connectivity index (χ4n) is 3.08. The van der Waals surface area contributed by atoms with Gasteiger partial charge in [-0.3, -0.25) is 0 Å². The van der Waals surface area contributed by atoms with E-state index in [0.29, 0.717) is 0 Å². The molecule has 102 valence electrons. The minimum atomic E-state index is 1.20. The van der Waals surface area contributed by atoms with Crippen LogP contribution in [-0.2, 0) is 0 Å². The van der Waals surface area contributed by atoms with Crippen molar-refractivity contribution in [3.05, 3.63) is 71.8 Å². The molecule has 1 heterocycles. The highest BCUT2D eigenvalue weighted by Crippen LogP contribution is 2.31. The number of hydrogen-bond donors (Lipinski definition) is 1. The summed E-state index contributed by atoms with van der Waals surface area (Å²) in [6.07, 6.45) is 0. The van der Waals surface area contributed by atoms with E-state index in [0.717, 1.165) is 0 Å². The zero-order valence-corrected chi connectivity index (χ0v) is 12.3. The first-order valence-electron chi connectivity index (χ1n) is 7.30. The Morgan fingerprint density at radius 2 is 1.43 bits per heavy atom. The Balaban J connectivity index is 2.03. The number of nitrogens with one attached hydrogen (secondary N) is 1. The van der Waals surface area contributed by atoms with Gasteiger partial charge in [0.15, 0.2) is 0 Å². The van der Waals surface area contributed by atoms with Gasteiger partial charge in [-0.05, 0) is 54.8 Å². The second kappa shape index (κ2) is 4.49. The van der Waals surface area contributed by atoms with Crippen molar-refractivity contribution < 1.29 is 0 Å². The zero-order valence-electron chi connectivity index (χ0n) is 12.3. The molecule has 0 fully saturated rings. The average Bonchev–Trinajstić information content (AvgIpc) is 2.85. The van der Waals surface area contributed by atoms with E-state index in [4.69, 9.17) is 0 Å². The molecule has 1 aromatic heterocycles. The Morgan fingerprint density at radius 3 is 2.24 bits per heavy atom. The maximum absolute atomic E-state index is 3.50. The van der Waals surface area contributed by atoms with Crippen LogP contribution in [0.25, 0.3) is 32.9 Å². The Kier molecular flexibility index (Phi) is 2.61. The first-order valence-corrected chi connectivity index (χ1v) is 7.30. The maximum Gasteiger partial charge on any atom is 0.0465 e. The summed E-state index contributed by atoms with van der Waals surface area (Å²) >= 11 is 0. The second-order valence-corrected chi connectivity index (χ2v) is 5.75. The van der Waals surface area contributed by atoms with Gasteiger partial charge in [0.05, 0.1) is 0 Å². The third-order valence-electron chi connectivity index (χ3n) is 4.21. The van der Waals surface area contributed by atoms with Gasteiger partial charge >= 0.3 is 0 Å². The maximum atomic E-state index is 3.50. The van der Waals surface area contributed by atoms with Crippen LogP contribution in [0.4, 0.5) is 0 Å². The molecule has 3 aromatic carbocycles. The molecule has 0 spiro atoms. The zero-order chi connectivity index (χ0) is 14.4. The molecule has 4 rings (SSSR count). The third kappa shape index (κ3) is 1.93. The van der Waals surface area contributed by atoms with Crippen molar-refractivity contribution in [3.8, 4) is 11.1 Å². The molecule has 0 atom stereocenters. The number of benzene rings is 3. The van der Waals surface area contributed by atoms with E-state index in [9.17, 15) is 0 Å². The van der Waals surface area contributed by atoms with Crippen molar-refractivity contribution in [2.24, 2.45) is 0 Å². The van der Waals surface area contributed by atoms with Crippen LogP contribution in [0.15, 0.2) is 60.7 Å². The van der Waals surface area contributed by atoms with Crippen LogP contribution in [-0.4, -0.2) is 4.98 Å². The molecule has 0 unspecified atom stereocenters. The van der Waals surface area contributed by atoms with E-state index in [2.05, 4.69) is 79.5 Å². The van der Waals surface area contributed by atoms with Gasteiger partial charge < -0.3 is 4.98 Å². The smallest absolute Gasteiger partial charge is 0.0465 e. The van der Waals surface area contributed by atoms with Gasteiger partial charge in [-0.2, -0.15) is 0 Å². The lowest BCUT2D eigenvalue weighted by molar-refractivity contribution is 1.46. The molecule has 0 aliphatic heterocycles. The molecule has 0 radical (unpaired) electrons. The summed E-state index contributed by atoms with van der Waals surface area (Å²) in [5.74, 6) is 0. The largest absolute Gasteiger partial charge is 0.355 e. The third-order valence-corrected chi connectivity index (χ3v) is 4.21. The molecule has 0 amide bonds. The number of H-pyrrole nitrogens is 1. The lowest BCUT2D eigenvalue weighted by Gasteiger charge is -2.06. The van der Waals surface area contributed by atoms with Crippen LogP contribution in [0.2, 0.25) is 0 Å². The summed E-state index contributed by atoms with van der Waals surface area (Å²) in [6.45, 7) is 4.31. The summed E-state index contributed by atoms with van der Waals surface area (Å²) in [5.41, 5.74) is 7.60. The molecular weight excluding hydrogens is 254 g/mol. The molecule has 1 nitrogen and oxygen atoms in total. The molecule has 0 saturated heterocycles. The van der Waals surface area contributed by atoms with Crippen molar-refractivity contribution in [1.29, 1.82) is 0 Å². The topological polar surface area (TPSA) is 15.8 Å². The van der Waals surface area contributed by atoms with Crippen molar-refractivity contribution >= 4 is 21.8 Å². The lowest BCUT2D eigenvalue weighted by Crippen LogP contribution is -1.82. The van der Waals surface area contributed by atoms with Gasteiger partial charge in [-0.1, -0.05) is 42.0 Å². The predicted octanol–water partition coefficient (Wildman–Crippen LogP) is 5.60. The van der Waals surface area contributed by atoms with Gasteiger partial charge in [0, 0.05) is 21.8 Å². The molecule has 1 heteroatoms. The molecule has 0 aliphatic carbocycles. The van der Waals surface area contributed by atoms with E-state index in [1.165, 1.54) is 44.1 Å². The highest BCUT2D eigenvalue weighted by Gasteiger charge is 2.07. The quantitative estimate of drug-likeness (QED) is 0.463. The highest BCUT2D eigenvalue weighted by atomic mass is 14.7. The standard InChI is InChI=1S/C20H17N/c1-13-7-9-19-17(11-13)18-12-15(8-10-20(18)21-19)16-6-4-3-5-14(16)2/h3-12,21H,1-2H3. The number of fused-ring (bicyclic) bond motifs is 3. The van der Waals surface area contributed by atoms with Gasteiger partial charge in [0.1, 0.15) is 0 Å². The lowest BCUT2D eigenvalue weighted by atomic mass is 9.99. The number of rotatable bonds is 1. The number of aryl methyl sites for hydroxylation is 2. The Bertz CT molecular complexity index is 960. The normalized spacial score (nSPS) is 11.3. The summed E-state index contributed by atoms with van der Waals surface area (Å²) < 4.78 is 0. The van der Waals surface area contributed by atoms with E-state index in [1.54, 1.807) is 0 Å². The fourth-order valence-corrected chi connectivity index (χ4v) is 3.08. The van der Waals surface area contributed by atoms with Gasteiger partial charge in [0.2, 0.25) is 0 Å². The van der Waals surface area contributed by atoms with Crippen LogP contribution in [0.5, 0.6) is 0 Å². The van der Waals surface area contributed by atoms with Crippen molar-refractivity contribution in [3.63, 3.8) is 0 Å². The Morgan fingerprint density at radius 1 is 0.714 bits per heavy atom. The molecule has 0 saturated carbocycles. The predicted molar refractivity (Wildman–Crippen MR) is 90.7 cm³/mol. The summed E-state index contributed by atoms with van der Waals surface area (Å²) in [4.78, 5) is 3.50. The Hall–Kier alpha value is -2.54. The van der Waals surface area contributed by atoms with Crippen molar-refractivity contribution in [1.82, 2.24) is 4.98 Å². The number of hydrogen-bond acceptors (Lipinski definition) is 0. The van der Waals surface area contributed by atoms with Crippen molar-refractivity contribution in [2.75, 3.05) is 0 Å². The fraction of sp³-hybridized carbons (Fsp3) is 0.100. The molecule has 0 aliphatic rings. The van der Waals surface area contributed by atoms with Gasteiger partial charge in [0.25, 0.3) is 0 Å². The molecule has 0 bridgehead atoms. The van der Waals surface area contributed by atoms with Crippen LogP contribution in [0.3, 0.4) is 0 Å². The summed E-state index contributed by atoms with van der Waals surface area (Å²) in [7, 11) is 0. The summed E-state index contributed by atoms with van der Waals surface area (Å²) in [5, 5.41) is 2.61. The average molecular weight is 271 g/mol. The van der Waals surface area contributed by atoms with Gasteiger partial charge in [-0.15, -0.1) is 0 Å². The molecule has 1 N–H and O–H groups in total. The highest BCUT2D eigenvalue weighted by molar-refractivity contribution is 6.08. The molecule has 4 aromatic rings. The summed E-state index contributed by atoms with van der Waals surface area (Å²) in [6, 6.07) is 21.8. The first kappa shape index (κ1) is 12.2. The molecule has 21 heavy (non-hydrogen) atoms. The van der Waals surface area contributed by atoms with Crippen molar-refractivity contribution in [2.45, 2.75) is 13.8 Å². The minimum Gasteiger partial charge on any atom is -0.355 e. The minimum absolute atomic E-state index is 1.20. The van der Waals surface area contributed by atoms with Gasteiger partial charge in [-0.25, -0.2) is 0 Å². The first-order chi connectivity index (χ1) is 10.2. The van der Waals surface area contributed by atoms with E-state index in [1.807, 2.05) is 0 Å².